The number of aryl methyl sites for hydroxylation is 1. The van der Waals surface area contributed by atoms with E-state index in [1.165, 1.54) is 17.2 Å². The van der Waals surface area contributed by atoms with Gasteiger partial charge in [0, 0.05) is 23.8 Å². The molecule has 1 aliphatic heterocycles. The summed E-state index contributed by atoms with van der Waals surface area (Å²) in [6, 6.07) is 2.11. The second kappa shape index (κ2) is 4.05. The summed E-state index contributed by atoms with van der Waals surface area (Å²) < 4.78 is 1.88. The monoisotopic (exact) mass is 260 g/mol. The molecule has 1 aromatic heterocycles. The summed E-state index contributed by atoms with van der Waals surface area (Å²) in [5, 5.41) is 4.40. The van der Waals surface area contributed by atoms with Crippen molar-refractivity contribution in [2.24, 2.45) is 13.0 Å². The maximum absolute atomic E-state index is 4.40. The van der Waals surface area contributed by atoms with Gasteiger partial charge in [0.25, 0.3) is 0 Å². The molecule has 13 heavy (non-hydrogen) atoms. The molecule has 2 heterocycles. The first-order valence-corrected chi connectivity index (χ1v) is 6.53. The van der Waals surface area contributed by atoms with Crippen LogP contribution in [0.2, 0.25) is 0 Å². The van der Waals surface area contributed by atoms with Crippen LogP contribution >= 0.6 is 27.7 Å². The Hall–Kier alpha value is 0.0400. The quantitative estimate of drug-likeness (QED) is 0.759. The predicted molar refractivity (Wildman–Crippen MR) is 60.4 cm³/mol. The lowest BCUT2D eigenvalue weighted by Crippen LogP contribution is -2.14. The van der Waals surface area contributed by atoms with Crippen molar-refractivity contribution >= 4 is 27.7 Å². The van der Waals surface area contributed by atoms with Crippen molar-refractivity contribution < 1.29 is 0 Å². The molecular weight excluding hydrogens is 248 g/mol. The largest absolute Gasteiger partial charge is 0.276 e. The Labute approximate surface area is 91.2 Å². The van der Waals surface area contributed by atoms with E-state index in [4.69, 9.17) is 0 Å². The molecule has 2 nitrogen and oxygen atoms in total. The molecular formula is C9H13BrN2S. The number of halogens is 1. The smallest absolute Gasteiger partial charge is 0.0627 e. The molecule has 1 aromatic rings. The van der Waals surface area contributed by atoms with E-state index in [-0.39, 0.29) is 0 Å². The first kappa shape index (κ1) is 9.59. The standard InChI is InChI=1S/C9H13BrN2S/c1-12-3-2-8(11-12)4-7-5-13-6-9(7)10/h2-3,7,9H,4-6H2,1H3. The molecule has 1 saturated heterocycles. The van der Waals surface area contributed by atoms with Gasteiger partial charge >= 0.3 is 0 Å². The van der Waals surface area contributed by atoms with E-state index in [2.05, 4.69) is 27.1 Å². The summed E-state index contributed by atoms with van der Waals surface area (Å²) in [5.74, 6) is 3.28. The first-order valence-electron chi connectivity index (χ1n) is 4.46. The van der Waals surface area contributed by atoms with Gasteiger partial charge in [-0.3, -0.25) is 4.68 Å². The zero-order valence-corrected chi connectivity index (χ0v) is 10.0. The average Bonchev–Trinajstić information content (AvgIpc) is 2.64. The molecule has 0 N–H and O–H groups in total. The highest BCUT2D eigenvalue weighted by molar-refractivity contribution is 9.09. The summed E-state index contributed by atoms with van der Waals surface area (Å²) in [4.78, 5) is 0.680. The third-order valence-corrected chi connectivity index (χ3v) is 5.12. The van der Waals surface area contributed by atoms with Gasteiger partial charge in [0.2, 0.25) is 0 Å². The lowest BCUT2D eigenvalue weighted by atomic mass is 10.0. The Bertz CT molecular complexity index is 287. The van der Waals surface area contributed by atoms with Gasteiger partial charge in [0.1, 0.15) is 0 Å². The molecule has 0 aromatic carbocycles. The van der Waals surface area contributed by atoms with Crippen LogP contribution in [0.5, 0.6) is 0 Å². The second-order valence-corrected chi connectivity index (χ2v) is 5.75. The Balaban J connectivity index is 1.97. The van der Waals surface area contributed by atoms with Crippen molar-refractivity contribution in [1.82, 2.24) is 9.78 Å². The Morgan fingerprint density at radius 2 is 2.54 bits per heavy atom. The van der Waals surface area contributed by atoms with Crippen LogP contribution < -0.4 is 0 Å². The van der Waals surface area contributed by atoms with E-state index in [9.17, 15) is 0 Å². The van der Waals surface area contributed by atoms with Crippen molar-refractivity contribution in [2.75, 3.05) is 11.5 Å². The zero-order valence-electron chi connectivity index (χ0n) is 7.61. The van der Waals surface area contributed by atoms with Crippen LogP contribution in [-0.4, -0.2) is 26.1 Å². The molecule has 0 bridgehead atoms. The third kappa shape index (κ3) is 2.29. The van der Waals surface area contributed by atoms with Crippen LogP contribution in [0.15, 0.2) is 12.3 Å². The number of hydrogen-bond donors (Lipinski definition) is 0. The second-order valence-electron chi connectivity index (χ2n) is 3.50. The fourth-order valence-corrected chi connectivity index (χ4v) is 4.07. The number of alkyl halides is 1. The van der Waals surface area contributed by atoms with Crippen LogP contribution in [0.4, 0.5) is 0 Å². The van der Waals surface area contributed by atoms with E-state index < -0.39 is 0 Å². The summed E-state index contributed by atoms with van der Waals surface area (Å²) in [7, 11) is 1.97. The minimum absolute atomic E-state index is 0.680. The number of hydrogen-bond acceptors (Lipinski definition) is 2. The van der Waals surface area contributed by atoms with Gasteiger partial charge in [-0.15, -0.1) is 0 Å². The topological polar surface area (TPSA) is 17.8 Å². The van der Waals surface area contributed by atoms with Gasteiger partial charge in [0.05, 0.1) is 5.69 Å². The van der Waals surface area contributed by atoms with Gasteiger partial charge in [-0.25, -0.2) is 0 Å². The fraction of sp³-hybridized carbons (Fsp3) is 0.667. The van der Waals surface area contributed by atoms with E-state index in [0.717, 1.165) is 12.3 Å². The summed E-state index contributed by atoms with van der Waals surface area (Å²) in [6.45, 7) is 0. The minimum atomic E-state index is 0.680. The average molecular weight is 261 g/mol. The first-order chi connectivity index (χ1) is 6.25. The number of aromatic nitrogens is 2. The highest BCUT2D eigenvalue weighted by Crippen LogP contribution is 2.31. The fourth-order valence-electron chi connectivity index (χ4n) is 1.60. The maximum atomic E-state index is 4.40. The lowest BCUT2D eigenvalue weighted by Gasteiger charge is -2.10. The van der Waals surface area contributed by atoms with Crippen molar-refractivity contribution in [2.45, 2.75) is 11.2 Å². The van der Waals surface area contributed by atoms with Crippen molar-refractivity contribution in [1.29, 1.82) is 0 Å². The molecule has 2 rings (SSSR count). The third-order valence-electron chi connectivity index (χ3n) is 2.36. The van der Waals surface area contributed by atoms with E-state index in [0.29, 0.717) is 4.83 Å². The van der Waals surface area contributed by atoms with Crippen LogP contribution in [0.3, 0.4) is 0 Å². The molecule has 0 radical (unpaired) electrons. The van der Waals surface area contributed by atoms with E-state index in [1.807, 2.05) is 29.7 Å². The van der Waals surface area contributed by atoms with Crippen LogP contribution in [-0.2, 0) is 13.5 Å². The number of thioether (sulfide) groups is 1. The molecule has 72 valence electrons. The normalized spacial score (nSPS) is 28.2. The van der Waals surface area contributed by atoms with Gasteiger partial charge < -0.3 is 0 Å². The summed E-state index contributed by atoms with van der Waals surface area (Å²) in [6.07, 6.45) is 3.13. The van der Waals surface area contributed by atoms with E-state index in [1.54, 1.807) is 0 Å². The maximum Gasteiger partial charge on any atom is 0.0627 e. The van der Waals surface area contributed by atoms with Crippen molar-refractivity contribution in [3.63, 3.8) is 0 Å². The van der Waals surface area contributed by atoms with Crippen molar-refractivity contribution in [3.05, 3.63) is 18.0 Å². The molecule has 4 heteroatoms. The number of nitrogens with zero attached hydrogens (tertiary/aromatic N) is 2. The number of rotatable bonds is 2. The van der Waals surface area contributed by atoms with Gasteiger partial charge in [-0.1, -0.05) is 15.9 Å². The lowest BCUT2D eigenvalue weighted by molar-refractivity contribution is 0.596. The molecule has 2 unspecified atom stereocenters. The summed E-state index contributed by atoms with van der Waals surface area (Å²) >= 11 is 5.75. The molecule has 1 fully saturated rings. The highest BCUT2D eigenvalue weighted by Gasteiger charge is 2.25. The van der Waals surface area contributed by atoms with Crippen LogP contribution in [0.1, 0.15) is 5.69 Å². The van der Waals surface area contributed by atoms with Crippen LogP contribution in [0, 0.1) is 5.92 Å². The molecule has 0 amide bonds. The van der Waals surface area contributed by atoms with Gasteiger partial charge in [-0.05, 0) is 24.2 Å². The molecule has 0 spiro atoms. The predicted octanol–water partition coefficient (Wildman–Crippen LogP) is 2.09. The van der Waals surface area contributed by atoms with Crippen molar-refractivity contribution in [3.8, 4) is 0 Å². The Morgan fingerprint density at radius 3 is 3.08 bits per heavy atom. The van der Waals surface area contributed by atoms with Crippen LogP contribution in [0.25, 0.3) is 0 Å². The molecule has 1 aliphatic rings. The Morgan fingerprint density at radius 1 is 1.69 bits per heavy atom. The molecule has 2 atom stereocenters. The SMILES string of the molecule is Cn1ccc(CC2CSCC2Br)n1. The highest BCUT2D eigenvalue weighted by atomic mass is 79.9. The minimum Gasteiger partial charge on any atom is -0.276 e. The van der Waals surface area contributed by atoms with Gasteiger partial charge in [0.15, 0.2) is 0 Å². The Kier molecular flexibility index (Phi) is 2.99. The van der Waals surface area contributed by atoms with E-state index >= 15 is 0 Å². The molecule has 0 saturated carbocycles. The van der Waals surface area contributed by atoms with Gasteiger partial charge in [-0.2, -0.15) is 16.9 Å². The molecule has 0 aliphatic carbocycles. The summed E-state index contributed by atoms with van der Waals surface area (Å²) in [5.41, 5.74) is 1.22. The zero-order chi connectivity index (χ0) is 9.26.